The van der Waals surface area contributed by atoms with Gasteiger partial charge in [-0.15, -0.1) is 0 Å². The van der Waals surface area contributed by atoms with Gasteiger partial charge in [0.15, 0.2) is 9.84 Å². The van der Waals surface area contributed by atoms with Gasteiger partial charge in [0.05, 0.1) is 16.7 Å². The second-order valence-corrected chi connectivity index (χ2v) is 6.06. The number of ether oxygens (including phenoxy) is 1. The molecule has 0 unspecified atom stereocenters. The Morgan fingerprint density at radius 2 is 2.19 bits per heavy atom. The molecule has 0 aromatic heterocycles. The van der Waals surface area contributed by atoms with Crippen LogP contribution in [0.4, 0.5) is 5.69 Å². The fraction of sp³-hybridized carbons (Fsp3) is 0.455. The molecule has 5 heteroatoms. The minimum absolute atomic E-state index is 0.0149. The topological polar surface area (TPSA) is 69.4 Å². The number of nitrogens with two attached hydrogens (primary N) is 1. The van der Waals surface area contributed by atoms with Crippen molar-refractivity contribution in [3.8, 4) is 0 Å². The number of sulfone groups is 1. The Kier molecular flexibility index (Phi) is 2.90. The van der Waals surface area contributed by atoms with Crippen molar-refractivity contribution >= 4 is 15.5 Å². The quantitative estimate of drug-likeness (QED) is 0.797. The summed E-state index contributed by atoms with van der Waals surface area (Å²) in [6.45, 7) is 0.739. The van der Waals surface area contributed by atoms with Crippen LogP contribution in [0.25, 0.3) is 0 Å². The maximum atomic E-state index is 11.5. The monoisotopic (exact) mass is 241 g/mol. The minimum Gasteiger partial charge on any atom is -0.398 e. The molecule has 1 heterocycles. The van der Waals surface area contributed by atoms with Gasteiger partial charge in [0.1, 0.15) is 0 Å². The average molecular weight is 241 g/mol. The molecule has 0 radical (unpaired) electrons. The summed E-state index contributed by atoms with van der Waals surface area (Å²) in [5, 5.41) is 0. The molecule has 1 aromatic carbocycles. The van der Waals surface area contributed by atoms with Crippen LogP contribution in [0.1, 0.15) is 24.5 Å². The van der Waals surface area contributed by atoms with Gasteiger partial charge in [0.2, 0.25) is 0 Å². The van der Waals surface area contributed by atoms with Crippen molar-refractivity contribution in [1.82, 2.24) is 0 Å². The zero-order chi connectivity index (χ0) is 11.8. The van der Waals surface area contributed by atoms with Gasteiger partial charge in [-0.1, -0.05) is 6.07 Å². The number of benzene rings is 1. The van der Waals surface area contributed by atoms with Crippen LogP contribution in [-0.2, 0) is 14.6 Å². The summed E-state index contributed by atoms with van der Waals surface area (Å²) in [5.41, 5.74) is 6.85. The molecule has 1 aliphatic rings. The molecule has 1 saturated heterocycles. The largest absolute Gasteiger partial charge is 0.398 e. The first-order valence-electron chi connectivity index (χ1n) is 5.19. The van der Waals surface area contributed by atoms with E-state index in [4.69, 9.17) is 10.5 Å². The maximum absolute atomic E-state index is 11.5. The Labute approximate surface area is 95.3 Å². The van der Waals surface area contributed by atoms with Crippen molar-refractivity contribution in [3.63, 3.8) is 0 Å². The predicted molar refractivity (Wildman–Crippen MR) is 61.9 cm³/mol. The molecule has 0 aliphatic carbocycles. The molecule has 1 atom stereocenters. The van der Waals surface area contributed by atoms with Gasteiger partial charge >= 0.3 is 0 Å². The van der Waals surface area contributed by atoms with Crippen molar-refractivity contribution in [3.05, 3.63) is 23.8 Å². The lowest BCUT2D eigenvalue weighted by molar-refractivity contribution is 0.112. The number of rotatable bonds is 2. The van der Waals surface area contributed by atoms with E-state index in [2.05, 4.69) is 0 Å². The summed E-state index contributed by atoms with van der Waals surface area (Å²) in [7, 11) is -3.27. The number of hydrogen-bond acceptors (Lipinski definition) is 4. The summed E-state index contributed by atoms with van der Waals surface area (Å²) >= 11 is 0. The molecule has 0 saturated carbocycles. The second-order valence-electron chi connectivity index (χ2n) is 4.07. The summed E-state index contributed by atoms with van der Waals surface area (Å²) < 4.78 is 28.5. The van der Waals surface area contributed by atoms with Gasteiger partial charge in [0.25, 0.3) is 0 Å². The molecule has 1 aromatic rings. The van der Waals surface area contributed by atoms with Gasteiger partial charge in [0, 0.05) is 12.9 Å². The van der Waals surface area contributed by atoms with Crippen LogP contribution in [0, 0.1) is 0 Å². The van der Waals surface area contributed by atoms with Crippen LogP contribution in [0.3, 0.4) is 0 Å². The highest BCUT2D eigenvalue weighted by atomic mass is 32.2. The molecule has 16 heavy (non-hydrogen) atoms. The van der Waals surface area contributed by atoms with Crippen molar-refractivity contribution in [1.29, 1.82) is 0 Å². The highest BCUT2D eigenvalue weighted by Crippen LogP contribution is 2.31. The molecule has 0 bridgehead atoms. The Hall–Kier alpha value is -1.07. The van der Waals surface area contributed by atoms with E-state index in [0.29, 0.717) is 5.69 Å². The van der Waals surface area contributed by atoms with Crippen LogP contribution in [0.5, 0.6) is 0 Å². The van der Waals surface area contributed by atoms with E-state index in [1.807, 2.05) is 6.07 Å². The lowest BCUT2D eigenvalue weighted by Gasteiger charge is -2.12. The average Bonchev–Trinajstić information content (AvgIpc) is 2.69. The van der Waals surface area contributed by atoms with E-state index in [0.717, 1.165) is 31.3 Å². The van der Waals surface area contributed by atoms with E-state index in [1.54, 1.807) is 12.1 Å². The van der Waals surface area contributed by atoms with E-state index >= 15 is 0 Å². The molecule has 2 rings (SSSR count). The summed E-state index contributed by atoms with van der Waals surface area (Å²) in [6.07, 6.45) is 3.13. The molecule has 4 nitrogen and oxygen atoms in total. The van der Waals surface area contributed by atoms with Gasteiger partial charge in [-0.05, 0) is 30.5 Å². The highest BCUT2D eigenvalue weighted by molar-refractivity contribution is 7.90. The molecule has 0 amide bonds. The van der Waals surface area contributed by atoms with Crippen LogP contribution in [0.15, 0.2) is 23.1 Å². The number of anilines is 1. The van der Waals surface area contributed by atoms with Crippen molar-refractivity contribution in [2.24, 2.45) is 0 Å². The summed E-state index contributed by atoms with van der Waals surface area (Å²) in [5.74, 6) is 0. The van der Waals surface area contributed by atoms with Crippen LogP contribution in [-0.4, -0.2) is 21.3 Å². The third-order valence-electron chi connectivity index (χ3n) is 2.74. The van der Waals surface area contributed by atoms with Crippen molar-refractivity contribution < 1.29 is 13.2 Å². The van der Waals surface area contributed by atoms with Crippen molar-refractivity contribution in [2.75, 3.05) is 18.6 Å². The van der Waals surface area contributed by atoms with Gasteiger partial charge in [-0.25, -0.2) is 8.42 Å². The Morgan fingerprint density at radius 3 is 2.75 bits per heavy atom. The molecule has 1 aliphatic heterocycles. The zero-order valence-corrected chi connectivity index (χ0v) is 9.96. The number of hydrogen-bond donors (Lipinski definition) is 1. The van der Waals surface area contributed by atoms with Crippen LogP contribution < -0.4 is 5.73 Å². The maximum Gasteiger partial charge on any atom is 0.177 e. The van der Waals surface area contributed by atoms with Crippen LogP contribution >= 0.6 is 0 Å². The van der Waals surface area contributed by atoms with Crippen molar-refractivity contribution in [2.45, 2.75) is 23.8 Å². The first-order valence-corrected chi connectivity index (χ1v) is 7.09. The lowest BCUT2D eigenvalue weighted by atomic mass is 10.1. The number of nitrogen functional groups attached to an aromatic ring is 1. The van der Waals surface area contributed by atoms with E-state index in [9.17, 15) is 8.42 Å². The Balaban J connectivity index is 2.43. The first-order chi connectivity index (χ1) is 7.48. The Morgan fingerprint density at radius 1 is 1.44 bits per heavy atom. The normalized spacial score (nSPS) is 21.2. The van der Waals surface area contributed by atoms with E-state index in [-0.39, 0.29) is 11.0 Å². The van der Waals surface area contributed by atoms with Gasteiger partial charge in [-0.3, -0.25) is 0 Å². The Bertz CT molecular complexity index is 490. The zero-order valence-electron chi connectivity index (χ0n) is 9.14. The fourth-order valence-corrected chi connectivity index (χ4v) is 2.76. The highest BCUT2D eigenvalue weighted by Gasteiger charge is 2.20. The first kappa shape index (κ1) is 11.4. The second kappa shape index (κ2) is 4.07. The molecule has 0 spiro atoms. The van der Waals surface area contributed by atoms with Gasteiger partial charge < -0.3 is 10.5 Å². The molecule has 1 fully saturated rings. The SMILES string of the molecule is CS(=O)(=O)c1cc([C@H]2CCCO2)ccc1N. The summed E-state index contributed by atoms with van der Waals surface area (Å²) in [4.78, 5) is 0.195. The standard InChI is InChI=1S/C11H15NO3S/c1-16(13,14)11-7-8(4-5-9(11)12)10-3-2-6-15-10/h4-5,7,10H,2-3,6,12H2,1H3/t10-/m1/s1. The molecular weight excluding hydrogens is 226 g/mol. The predicted octanol–water partition coefficient (Wildman–Crippen LogP) is 1.52. The molecular formula is C11H15NO3S. The minimum atomic E-state index is -3.27. The van der Waals surface area contributed by atoms with E-state index < -0.39 is 9.84 Å². The van der Waals surface area contributed by atoms with Gasteiger partial charge in [-0.2, -0.15) is 0 Å². The third-order valence-corrected chi connectivity index (χ3v) is 3.89. The fourth-order valence-electron chi connectivity index (χ4n) is 1.91. The smallest absolute Gasteiger partial charge is 0.177 e. The van der Waals surface area contributed by atoms with Crippen LogP contribution in [0.2, 0.25) is 0 Å². The lowest BCUT2D eigenvalue weighted by Crippen LogP contribution is -2.05. The van der Waals surface area contributed by atoms with E-state index in [1.165, 1.54) is 0 Å². The summed E-state index contributed by atoms with van der Waals surface area (Å²) in [6, 6.07) is 5.09. The third kappa shape index (κ3) is 2.20. The molecule has 2 N–H and O–H groups in total. The molecule has 88 valence electrons.